The molecule has 1 aromatic carbocycles. The Morgan fingerprint density at radius 2 is 1.94 bits per heavy atom. The van der Waals surface area contributed by atoms with Crippen LogP contribution in [0, 0.1) is 5.92 Å². The molecule has 0 bridgehead atoms. The zero-order chi connectivity index (χ0) is 13.5. The summed E-state index contributed by atoms with van der Waals surface area (Å²) in [7, 11) is 0. The molecule has 1 atom stereocenters. The Labute approximate surface area is 112 Å². The SMILES string of the molecule is CC(CC(N)=O)C(=O)NCCc1ccc(Cl)cc1. The van der Waals surface area contributed by atoms with Gasteiger partial charge in [0, 0.05) is 23.9 Å². The maximum atomic E-state index is 11.6. The number of nitrogens with two attached hydrogens (primary N) is 1. The fourth-order valence-electron chi connectivity index (χ4n) is 1.55. The van der Waals surface area contributed by atoms with E-state index < -0.39 is 5.91 Å². The third kappa shape index (κ3) is 5.19. The van der Waals surface area contributed by atoms with Gasteiger partial charge in [0.05, 0.1) is 0 Å². The van der Waals surface area contributed by atoms with Crippen molar-refractivity contribution in [3.63, 3.8) is 0 Å². The number of halogens is 1. The standard InChI is InChI=1S/C13H17ClN2O2/c1-9(8-12(15)17)13(18)16-7-6-10-2-4-11(14)5-3-10/h2-5,9H,6-8H2,1H3,(H2,15,17)(H,16,18). The summed E-state index contributed by atoms with van der Waals surface area (Å²) in [6, 6.07) is 7.46. The zero-order valence-electron chi connectivity index (χ0n) is 10.3. The summed E-state index contributed by atoms with van der Waals surface area (Å²) in [5.41, 5.74) is 6.13. The van der Waals surface area contributed by atoms with Gasteiger partial charge in [-0.1, -0.05) is 30.7 Å². The first-order chi connectivity index (χ1) is 8.49. The number of nitrogens with one attached hydrogen (secondary N) is 1. The second-order valence-corrected chi connectivity index (χ2v) is 4.68. The molecule has 1 aromatic rings. The summed E-state index contributed by atoms with van der Waals surface area (Å²) < 4.78 is 0. The molecule has 0 heterocycles. The van der Waals surface area contributed by atoms with E-state index in [4.69, 9.17) is 17.3 Å². The number of carbonyl (C=O) groups is 2. The predicted octanol–water partition coefficient (Wildman–Crippen LogP) is 1.51. The molecule has 0 aliphatic carbocycles. The number of hydrogen-bond acceptors (Lipinski definition) is 2. The van der Waals surface area contributed by atoms with Crippen LogP contribution in [0.25, 0.3) is 0 Å². The van der Waals surface area contributed by atoms with Crippen molar-refractivity contribution in [2.24, 2.45) is 11.7 Å². The van der Waals surface area contributed by atoms with Gasteiger partial charge in [0.15, 0.2) is 0 Å². The first-order valence-electron chi connectivity index (χ1n) is 5.79. The molecular weight excluding hydrogens is 252 g/mol. The lowest BCUT2D eigenvalue weighted by molar-refractivity contribution is -0.128. The highest BCUT2D eigenvalue weighted by Gasteiger charge is 2.14. The largest absolute Gasteiger partial charge is 0.370 e. The van der Waals surface area contributed by atoms with Crippen molar-refractivity contribution in [1.29, 1.82) is 0 Å². The van der Waals surface area contributed by atoms with Gasteiger partial charge in [-0.15, -0.1) is 0 Å². The zero-order valence-corrected chi connectivity index (χ0v) is 11.0. The summed E-state index contributed by atoms with van der Waals surface area (Å²) in [6.45, 7) is 2.21. The van der Waals surface area contributed by atoms with E-state index >= 15 is 0 Å². The van der Waals surface area contributed by atoms with Crippen LogP contribution >= 0.6 is 11.6 Å². The van der Waals surface area contributed by atoms with E-state index in [2.05, 4.69) is 5.32 Å². The quantitative estimate of drug-likeness (QED) is 0.821. The minimum absolute atomic E-state index is 0.0762. The highest BCUT2D eigenvalue weighted by atomic mass is 35.5. The Hall–Kier alpha value is -1.55. The lowest BCUT2D eigenvalue weighted by atomic mass is 10.1. The first kappa shape index (κ1) is 14.5. The molecular formula is C13H17ClN2O2. The molecule has 0 saturated carbocycles. The van der Waals surface area contributed by atoms with Gasteiger partial charge in [0.2, 0.25) is 11.8 Å². The fourth-order valence-corrected chi connectivity index (χ4v) is 1.68. The van der Waals surface area contributed by atoms with Crippen LogP contribution in [-0.2, 0) is 16.0 Å². The van der Waals surface area contributed by atoms with E-state index in [0.717, 1.165) is 12.0 Å². The van der Waals surface area contributed by atoms with Gasteiger partial charge in [-0.05, 0) is 24.1 Å². The van der Waals surface area contributed by atoms with Crippen molar-refractivity contribution >= 4 is 23.4 Å². The number of benzene rings is 1. The molecule has 1 unspecified atom stereocenters. The molecule has 0 aromatic heterocycles. The van der Waals surface area contributed by atoms with E-state index in [1.807, 2.05) is 24.3 Å². The number of hydrogen-bond donors (Lipinski definition) is 2. The summed E-state index contributed by atoms with van der Waals surface area (Å²) in [6.07, 6.45) is 0.805. The monoisotopic (exact) mass is 268 g/mol. The van der Waals surface area contributed by atoms with E-state index in [1.165, 1.54) is 0 Å². The van der Waals surface area contributed by atoms with E-state index in [-0.39, 0.29) is 18.2 Å². The highest BCUT2D eigenvalue weighted by Crippen LogP contribution is 2.09. The average molecular weight is 269 g/mol. The number of amides is 2. The topological polar surface area (TPSA) is 72.2 Å². The molecule has 98 valence electrons. The van der Waals surface area contributed by atoms with Crippen molar-refractivity contribution in [1.82, 2.24) is 5.32 Å². The van der Waals surface area contributed by atoms with Crippen LogP contribution in [0.15, 0.2) is 24.3 Å². The Bertz CT molecular complexity index is 418. The van der Waals surface area contributed by atoms with Gasteiger partial charge < -0.3 is 11.1 Å². The van der Waals surface area contributed by atoms with Crippen molar-refractivity contribution in [2.75, 3.05) is 6.54 Å². The van der Waals surface area contributed by atoms with E-state index in [9.17, 15) is 9.59 Å². The minimum atomic E-state index is -0.463. The highest BCUT2D eigenvalue weighted by molar-refractivity contribution is 6.30. The average Bonchev–Trinajstić information content (AvgIpc) is 2.30. The van der Waals surface area contributed by atoms with Gasteiger partial charge in [0.25, 0.3) is 0 Å². The summed E-state index contributed by atoms with van der Waals surface area (Å²) in [5.74, 6) is -0.995. The van der Waals surface area contributed by atoms with Crippen molar-refractivity contribution in [3.8, 4) is 0 Å². The van der Waals surface area contributed by atoms with Crippen molar-refractivity contribution < 1.29 is 9.59 Å². The second kappa shape index (κ2) is 7.01. The molecule has 0 saturated heterocycles. The normalized spacial score (nSPS) is 11.9. The molecule has 0 fully saturated rings. The van der Waals surface area contributed by atoms with Crippen molar-refractivity contribution in [3.05, 3.63) is 34.9 Å². The maximum absolute atomic E-state index is 11.6. The van der Waals surface area contributed by atoms with Crippen LogP contribution in [-0.4, -0.2) is 18.4 Å². The van der Waals surface area contributed by atoms with Crippen LogP contribution in [0.3, 0.4) is 0 Å². The van der Waals surface area contributed by atoms with Crippen LogP contribution in [0.4, 0.5) is 0 Å². The van der Waals surface area contributed by atoms with Gasteiger partial charge in [-0.3, -0.25) is 9.59 Å². The number of carbonyl (C=O) groups excluding carboxylic acids is 2. The maximum Gasteiger partial charge on any atom is 0.223 e. The summed E-state index contributed by atoms with van der Waals surface area (Å²) in [4.78, 5) is 22.3. The lowest BCUT2D eigenvalue weighted by Gasteiger charge is -2.10. The molecule has 1 rings (SSSR count). The number of primary amides is 1. The van der Waals surface area contributed by atoms with Gasteiger partial charge >= 0.3 is 0 Å². The second-order valence-electron chi connectivity index (χ2n) is 4.24. The van der Waals surface area contributed by atoms with E-state index in [0.29, 0.717) is 11.6 Å². The van der Waals surface area contributed by atoms with Crippen LogP contribution in [0.2, 0.25) is 5.02 Å². The Morgan fingerprint density at radius 3 is 2.50 bits per heavy atom. The third-order valence-electron chi connectivity index (χ3n) is 2.58. The smallest absolute Gasteiger partial charge is 0.223 e. The molecule has 0 aliphatic heterocycles. The van der Waals surface area contributed by atoms with Crippen LogP contribution < -0.4 is 11.1 Å². The minimum Gasteiger partial charge on any atom is -0.370 e. The number of rotatable bonds is 6. The summed E-state index contributed by atoms with van der Waals surface area (Å²) in [5, 5.41) is 3.46. The van der Waals surface area contributed by atoms with Crippen molar-refractivity contribution in [2.45, 2.75) is 19.8 Å². The molecule has 4 nitrogen and oxygen atoms in total. The molecule has 2 amide bonds. The van der Waals surface area contributed by atoms with Gasteiger partial charge in [-0.2, -0.15) is 0 Å². The molecule has 5 heteroatoms. The summed E-state index contributed by atoms with van der Waals surface area (Å²) >= 11 is 5.77. The Kier molecular flexibility index (Phi) is 5.65. The molecule has 3 N–H and O–H groups in total. The first-order valence-corrected chi connectivity index (χ1v) is 6.17. The van der Waals surface area contributed by atoms with Gasteiger partial charge in [-0.25, -0.2) is 0 Å². The van der Waals surface area contributed by atoms with E-state index in [1.54, 1.807) is 6.92 Å². The molecule has 0 spiro atoms. The molecule has 0 radical (unpaired) electrons. The Morgan fingerprint density at radius 1 is 1.33 bits per heavy atom. The molecule has 18 heavy (non-hydrogen) atoms. The van der Waals surface area contributed by atoms with Gasteiger partial charge in [0.1, 0.15) is 0 Å². The lowest BCUT2D eigenvalue weighted by Crippen LogP contribution is -2.33. The molecule has 0 aliphatic rings. The predicted molar refractivity (Wildman–Crippen MR) is 71.1 cm³/mol. The third-order valence-corrected chi connectivity index (χ3v) is 2.83. The Balaban J connectivity index is 2.31. The van der Waals surface area contributed by atoms with Crippen LogP contribution in [0.5, 0.6) is 0 Å². The van der Waals surface area contributed by atoms with Crippen LogP contribution in [0.1, 0.15) is 18.9 Å². The fraction of sp³-hybridized carbons (Fsp3) is 0.385.